The number of ether oxygens (including phenoxy) is 2. The molecule has 0 radical (unpaired) electrons. The number of hydrogen-bond acceptors (Lipinski definition) is 3. The van der Waals surface area contributed by atoms with E-state index in [0.717, 1.165) is 10.0 Å². The molecule has 114 valence electrons. The van der Waals surface area contributed by atoms with Crippen molar-refractivity contribution in [1.29, 1.82) is 0 Å². The molecule has 1 fully saturated rings. The van der Waals surface area contributed by atoms with Crippen molar-refractivity contribution in [3.05, 3.63) is 64.1 Å². The smallest absolute Gasteiger partial charge is 0.342 e. The highest BCUT2D eigenvalue weighted by Crippen LogP contribution is 2.31. The van der Waals surface area contributed by atoms with Crippen LogP contribution in [0.5, 0.6) is 5.75 Å². The molecule has 1 aliphatic carbocycles. The summed E-state index contributed by atoms with van der Waals surface area (Å²) in [5.74, 6) is 0.855. The van der Waals surface area contributed by atoms with Crippen LogP contribution in [0.3, 0.4) is 0 Å². The largest absolute Gasteiger partial charge is 0.492 e. The minimum atomic E-state index is -0.359. The number of carbonyl (C=O) groups excluding carboxylic acids is 1. The van der Waals surface area contributed by atoms with Gasteiger partial charge in [-0.05, 0) is 42.5 Å². The van der Waals surface area contributed by atoms with Gasteiger partial charge in [-0.25, -0.2) is 4.79 Å². The number of hydrogen-bond donors (Lipinski definition) is 0. The predicted molar refractivity (Wildman–Crippen MR) is 87.9 cm³/mol. The van der Waals surface area contributed by atoms with Crippen molar-refractivity contribution < 1.29 is 14.3 Å². The molecule has 0 saturated heterocycles. The zero-order valence-electron chi connectivity index (χ0n) is 12.1. The normalized spacial score (nSPS) is 13.7. The van der Waals surface area contributed by atoms with Crippen molar-refractivity contribution >= 4 is 21.9 Å². The Morgan fingerprint density at radius 2 is 1.91 bits per heavy atom. The van der Waals surface area contributed by atoms with Gasteiger partial charge in [-0.2, -0.15) is 0 Å². The van der Waals surface area contributed by atoms with Crippen LogP contribution in [-0.2, 0) is 11.3 Å². The van der Waals surface area contributed by atoms with Crippen LogP contribution in [0.15, 0.2) is 53.0 Å². The molecule has 0 unspecified atom stereocenters. The van der Waals surface area contributed by atoms with Crippen molar-refractivity contribution in [2.45, 2.75) is 19.4 Å². The van der Waals surface area contributed by atoms with Gasteiger partial charge in [-0.3, -0.25) is 0 Å². The van der Waals surface area contributed by atoms with Crippen LogP contribution < -0.4 is 4.74 Å². The lowest BCUT2D eigenvalue weighted by Crippen LogP contribution is -2.09. The second kappa shape index (κ2) is 6.97. The van der Waals surface area contributed by atoms with E-state index in [4.69, 9.17) is 9.47 Å². The topological polar surface area (TPSA) is 35.5 Å². The molecule has 0 heterocycles. The maximum atomic E-state index is 12.3. The Kier molecular flexibility index (Phi) is 4.78. The van der Waals surface area contributed by atoms with Gasteiger partial charge in [-0.15, -0.1) is 0 Å². The van der Waals surface area contributed by atoms with Gasteiger partial charge in [0, 0.05) is 4.47 Å². The van der Waals surface area contributed by atoms with Crippen molar-refractivity contribution in [2.24, 2.45) is 5.92 Å². The standard InChI is InChI=1S/C18H17BrO3/c19-15-8-9-16(17(10-15)21-11-14-6-7-14)18(20)22-12-13-4-2-1-3-5-13/h1-5,8-10,14H,6-7,11-12H2. The number of benzene rings is 2. The van der Waals surface area contributed by atoms with E-state index >= 15 is 0 Å². The molecule has 0 aliphatic heterocycles. The van der Waals surface area contributed by atoms with Crippen molar-refractivity contribution in [3.8, 4) is 5.75 Å². The van der Waals surface area contributed by atoms with Crippen LogP contribution in [0, 0.1) is 5.92 Å². The molecule has 1 aliphatic rings. The first-order valence-corrected chi connectivity index (χ1v) is 8.15. The summed E-state index contributed by atoms with van der Waals surface area (Å²) >= 11 is 3.41. The lowest BCUT2D eigenvalue weighted by atomic mass is 10.2. The molecule has 2 aromatic carbocycles. The molecular weight excluding hydrogens is 344 g/mol. The SMILES string of the molecule is O=C(OCc1ccccc1)c1ccc(Br)cc1OCC1CC1. The quantitative estimate of drug-likeness (QED) is 0.706. The van der Waals surface area contributed by atoms with E-state index in [1.54, 1.807) is 6.07 Å². The Morgan fingerprint density at radius 3 is 2.64 bits per heavy atom. The Balaban J connectivity index is 1.67. The van der Waals surface area contributed by atoms with Gasteiger partial charge in [0.1, 0.15) is 17.9 Å². The van der Waals surface area contributed by atoms with Gasteiger partial charge >= 0.3 is 5.97 Å². The van der Waals surface area contributed by atoms with Gasteiger partial charge in [0.05, 0.1) is 6.61 Å². The van der Waals surface area contributed by atoms with Gasteiger partial charge in [0.15, 0.2) is 0 Å². The van der Waals surface area contributed by atoms with Gasteiger partial charge < -0.3 is 9.47 Å². The fourth-order valence-corrected chi connectivity index (χ4v) is 2.42. The average Bonchev–Trinajstić information content (AvgIpc) is 3.36. The molecule has 2 aromatic rings. The van der Waals surface area contributed by atoms with E-state index in [1.165, 1.54) is 12.8 Å². The maximum Gasteiger partial charge on any atom is 0.342 e. The predicted octanol–water partition coefficient (Wildman–Crippen LogP) is 4.59. The van der Waals surface area contributed by atoms with Gasteiger partial charge in [0.2, 0.25) is 0 Å². The fourth-order valence-electron chi connectivity index (χ4n) is 2.08. The number of carbonyl (C=O) groups is 1. The molecule has 0 aromatic heterocycles. The van der Waals surface area contributed by atoms with Gasteiger partial charge in [-0.1, -0.05) is 46.3 Å². The first kappa shape index (κ1) is 15.1. The van der Waals surface area contributed by atoms with E-state index in [2.05, 4.69) is 15.9 Å². The summed E-state index contributed by atoms with van der Waals surface area (Å²) < 4.78 is 12.1. The summed E-state index contributed by atoms with van der Waals surface area (Å²) in [5.41, 5.74) is 1.44. The third-order valence-electron chi connectivity index (χ3n) is 3.55. The number of rotatable bonds is 6. The highest BCUT2D eigenvalue weighted by molar-refractivity contribution is 9.10. The zero-order chi connectivity index (χ0) is 15.4. The first-order valence-electron chi connectivity index (χ1n) is 7.36. The second-order valence-electron chi connectivity index (χ2n) is 5.46. The summed E-state index contributed by atoms with van der Waals surface area (Å²) in [6, 6.07) is 15.0. The summed E-state index contributed by atoms with van der Waals surface area (Å²) in [5, 5.41) is 0. The highest BCUT2D eigenvalue weighted by Gasteiger charge is 2.23. The molecule has 0 N–H and O–H groups in total. The Bertz CT molecular complexity index is 651. The van der Waals surface area contributed by atoms with Crippen LogP contribution in [-0.4, -0.2) is 12.6 Å². The second-order valence-corrected chi connectivity index (χ2v) is 6.37. The number of esters is 1. The fraction of sp³-hybridized carbons (Fsp3) is 0.278. The molecule has 3 nitrogen and oxygen atoms in total. The summed E-state index contributed by atoms with van der Waals surface area (Å²) in [7, 11) is 0. The first-order chi connectivity index (χ1) is 10.7. The van der Waals surface area contributed by atoms with E-state index in [9.17, 15) is 4.79 Å². The lowest BCUT2D eigenvalue weighted by Gasteiger charge is -2.11. The Labute approximate surface area is 138 Å². The Morgan fingerprint density at radius 1 is 1.14 bits per heavy atom. The monoisotopic (exact) mass is 360 g/mol. The third-order valence-corrected chi connectivity index (χ3v) is 4.04. The Hall–Kier alpha value is -1.81. The van der Waals surface area contributed by atoms with E-state index < -0.39 is 0 Å². The van der Waals surface area contributed by atoms with Crippen LogP contribution in [0.4, 0.5) is 0 Å². The molecule has 0 spiro atoms. The molecule has 22 heavy (non-hydrogen) atoms. The third kappa shape index (κ3) is 4.10. The minimum Gasteiger partial charge on any atom is -0.492 e. The minimum absolute atomic E-state index is 0.262. The molecule has 1 saturated carbocycles. The van der Waals surface area contributed by atoms with Crippen molar-refractivity contribution in [3.63, 3.8) is 0 Å². The lowest BCUT2D eigenvalue weighted by molar-refractivity contribution is 0.0468. The summed E-state index contributed by atoms with van der Waals surface area (Å²) in [6.45, 7) is 0.924. The van der Waals surface area contributed by atoms with Crippen molar-refractivity contribution in [2.75, 3.05) is 6.61 Å². The highest BCUT2D eigenvalue weighted by atomic mass is 79.9. The van der Waals surface area contributed by atoms with E-state index in [-0.39, 0.29) is 12.6 Å². The van der Waals surface area contributed by atoms with Crippen LogP contribution in [0.25, 0.3) is 0 Å². The molecule has 3 rings (SSSR count). The number of halogens is 1. The zero-order valence-corrected chi connectivity index (χ0v) is 13.7. The average molecular weight is 361 g/mol. The van der Waals surface area contributed by atoms with Gasteiger partial charge in [0.25, 0.3) is 0 Å². The molecule has 0 bridgehead atoms. The summed E-state index contributed by atoms with van der Waals surface area (Å²) in [6.07, 6.45) is 2.42. The molecular formula is C18H17BrO3. The van der Waals surface area contributed by atoms with Crippen LogP contribution in [0.2, 0.25) is 0 Å². The van der Waals surface area contributed by atoms with Crippen LogP contribution in [0.1, 0.15) is 28.8 Å². The molecule has 0 amide bonds. The molecule has 0 atom stereocenters. The maximum absolute atomic E-state index is 12.3. The van der Waals surface area contributed by atoms with Crippen molar-refractivity contribution in [1.82, 2.24) is 0 Å². The van der Waals surface area contributed by atoms with Crippen LogP contribution >= 0.6 is 15.9 Å². The summed E-state index contributed by atoms with van der Waals surface area (Å²) in [4.78, 5) is 12.3. The van der Waals surface area contributed by atoms with E-state index in [1.807, 2.05) is 42.5 Å². The van der Waals surface area contributed by atoms with E-state index in [0.29, 0.717) is 23.8 Å². The molecule has 4 heteroatoms.